The highest BCUT2D eigenvalue weighted by molar-refractivity contribution is 6.40. The third-order valence-electron chi connectivity index (χ3n) is 1.67. The van der Waals surface area contributed by atoms with Crippen LogP contribution < -0.4 is 0 Å². The number of hydrogen-bond donors (Lipinski definition) is 2. The van der Waals surface area contributed by atoms with E-state index in [-0.39, 0.29) is 11.9 Å². The van der Waals surface area contributed by atoms with Gasteiger partial charge in [-0.05, 0) is 11.6 Å². The van der Waals surface area contributed by atoms with Crippen LogP contribution in [0.1, 0.15) is 11.1 Å². The fraction of sp³-hybridized carbons (Fsp3) is 0.250. The van der Waals surface area contributed by atoms with Gasteiger partial charge in [-0.3, -0.25) is 0 Å². The number of halogens is 3. The maximum Gasteiger partial charge on any atom is 0.456 e. The monoisotopic (exact) mass is 204 g/mol. The number of benzene rings is 1. The predicted molar refractivity (Wildman–Crippen MR) is 45.3 cm³/mol. The molecule has 0 unspecified atom stereocenters. The molecular weight excluding hydrogens is 196 g/mol. The Balaban J connectivity index is 2.90. The summed E-state index contributed by atoms with van der Waals surface area (Å²) in [6, 6.07) is 4.49. The van der Waals surface area contributed by atoms with E-state index in [0.29, 0.717) is 0 Å². The second kappa shape index (κ2) is 4.02. The molecule has 0 fully saturated rings. The van der Waals surface area contributed by atoms with Gasteiger partial charge in [-0.25, -0.2) is 0 Å². The molecule has 0 saturated heterocycles. The summed E-state index contributed by atoms with van der Waals surface area (Å²) in [7, 11) is -1.63. The molecular formula is C8H8BF3O2. The Kier molecular flexibility index (Phi) is 3.18. The third kappa shape index (κ3) is 3.04. The minimum Gasteiger partial charge on any atom is -0.427 e. The molecule has 0 atom stereocenters. The van der Waals surface area contributed by atoms with Crippen molar-refractivity contribution in [2.45, 2.75) is 12.5 Å². The van der Waals surface area contributed by atoms with Gasteiger partial charge in [-0.15, -0.1) is 0 Å². The number of rotatable bonds is 2. The van der Waals surface area contributed by atoms with Crippen LogP contribution in [0.25, 0.3) is 0 Å². The molecule has 76 valence electrons. The Hall–Kier alpha value is -1.01. The average Bonchev–Trinajstić information content (AvgIpc) is 2.01. The average molecular weight is 204 g/mol. The van der Waals surface area contributed by atoms with Crippen molar-refractivity contribution in [2.75, 3.05) is 0 Å². The Morgan fingerprint density at radius 3 is 2.36 bits per heavy atom. The van der Waals surface area contributed by atoms with Gasteiger partial charge in [0.1, 0.15) is 0 Å². The van der Waals surface area contributed by atoms with Gasteiger partial charge in [0.25, 0.3) is 0 Å². The Labute approximate surface area is 79.1 Å². The lowest BCUT2D eigenvalue weighted by atomic mass is 9.82. The van der Waals surface area contributed by atoms with Crippen molar-refractivity contribution in [3.63, 3.8) is 0 Å². The van der Waals surface area contributed by atoms with Crippen LogP contribution in [0.3, 0.4) is 0 Å². The zero-order chi connectivity index (χ0) is 10.8. The highest BCUT2D eigenvalue weighted by atomic mass is 19.4. The molecule has 0 aliphatic heterocycles. The molecule has 0 aliphatic carbocycles. The smallest absolute Gasteiger partial charge is 0.427 e. The van der Waals surface area contributed by atoms with E-state index in [4.69, 9.17) is 10.0 Å². The zero-order valence-electron chi connectivity index (χ0n) is 7.12. The lowest BCUT2D eigenvalue weighted by molar-refractivity contribution is -0.137. The van der Waals surface area contributed by atoms with Gasteiger partial charge < -0.3 is 10.0 Å². The van der Waals surface area contributed by atoms with Gasteiger partial charge in [0.05, 0.1) is 5.56 Å². The summed E-state index contributed by atoms with van der Waals surface area (Å²) >= 11 is 0. The van der Waals surface area contributed by atoms with E-state index in [0.717, 1.165) is 12.1 Å². The van der Waals surface area contributed by atoms with Crippen molar-refractivity contribution in [2.24, 2.45) is 0 Å². The van der Waals surface area contributed by atoms with Crippen LogP contribution in [0.15, 0.2) is 24.3 Å². The predicted octanol–water partition coefficient (Wildman–Crippen LogP) is 1.26. The zero-order valence-corrected chi connectivity index (χ0v) is 7.12. The molecule has 0 saturated carbocycles. The molecule has 0 amide bonds. The summed E-state index contributed by atoms with van der Waals surface area (Å²) in [6.07, 6.45) is -4.60. The first kappa shape index (κ1) is 11.1. The molecule has 1 aromatic carbocycles. The van der Waals surface area contributed by atoms with E-state index in [1.165, 1.54) is 12.1 Å². The lowest BCUT2D eigenvalue weighted by Gasteiger charge is -2.08. The van der Waals surface area contributed by atoms with E-state index in [9.17, 15) is 13.2 Å². The molecule has 2 nitrogen and oxygen atoms in total. The van der Waals surface area contributed by atoms with Crippen LogP contribution in [0.2, 0.25) is 0 Å². The van der Waals surface area contributed by atoms with Gasteiger partial charge in [0.2, 0.25) is 0 Å². The topological polar surface area (TPSA) is 40.5 Å². The van der Waals surface area contributed by atoms with Crippen LogP contribution in [0.5, 0.6) is 0 Å². The molecule has 0 radical (unpaired) electrons. The molecule has 0 spiro atoms. The summed E-state index contributed by atoms with van der Waals surface area (Å²) in [5, 5.41) is 17.1. The fourth-order valence-electron chi connectivity index (χ4n) is 1.09. The van der Waals surface area contributed by atoms with Crippen molar-refractivity contribution >= 4 is 7.12 Å². The molecule has 0 aromatic heterocycles. The third-order valence-corrected chi connectivity index (χ3v) is 1.67. The minimum absolute atomic E-state index is 0.204. The van der Waals surface area contributed by atoms with Crippen molar-refractivity contribution in [1.82, 2.24) is 0 Å². The first-order chi connectivity index (χ1) is 6.39. The highest BCUT2D eigenvalue weighted by Gasteiger charge is 2.30. The molecule has 6 heteroatoms. The first-order valence-electron chi connectivity index (χ1n) is 3.92. The summed E-state index contributed by atoms with van der Waals surface area (Å²) in [5.41, 5.74) is -0.537. The summed E-state index contributed by atoms with van der Waals surface area (Å²) in [5.74, 6) is 0. The van der Waals surface area contributed by atoms with E-state index in [1.54, 1.807) is 0 Å². The quantitative estimate of drug-likeness (QED) is 0.711. The van der Waals surface area contributed by atoms with Gasteiger partial charge in [0, 0.05) is 6.32 Å². The number of hydrogen-bond acceptors (Lipinski definition) is 2. The Morgan fingerprint density at radius 2 is 1.86 bits per heavy atom. The maximum absolute atomic E-state index is 12.2. The normalized spacial score (nSPS) is 11.5. The molecule has 1 aromatic rings. The van der Waals surface area contributed by atoms with E-state index < -0.39 is 18.9 Å². The Morgan fingerprint density at radius 1 is 1.21 bits per heavy atom. The molecule has 0 heterocycles. The maximum atomic E-state index is 12.2. The van der Waals surface area contributed by atoms with Crippen molar-refractivity contribution < 1.29 is 23.2 Å². The first-order valence-corrected chi connectivity index (χ1v) is 3.92. The van der Waals surface area contributed by atoms with E-state index in [1.807, 2.05) is 0 Å². The van der Waals surface area contributed by atoms with Crippen LogP contribution >= 0.6 is 0 Å². The molecule has 0 bridgehead atoms. The Bertz CT molecular complexity index is 312. The highest BCUT2D eigenvalue weighted by Crippen LogP contribution is 2.29. The second-order valence-electron chi connectivity index (χ2n) is 2.88. The largest absolute Gasteiger partial charge is 0.456 e. The summed E-state index contributed by atoms with van der Waals surface area (Å²) in [6.45, 7) is 0. The van der Waals surface area contributed by atoms with Crippen LogP contribution in [-0.2, 0) is 12.5 Å². The van der Waals surface area contributed by atoms with Crippen LogP contribution in [-0.4, -0.2) is 17.2 Å². The SMILES string of the molecule is OB(O)Cc1cccc(C(F)(F)F)c1. The summed E-state index contributed by atoms with van der Waals surface area (Å²) in [4.78, 5) is 0. The fourth-order valence-corrected chi connectivity index (χ4v) is 1.09. The van der Waals surface area contributed by atoms with Crippen molar-refractivity contribution in [1.29, 1.82) is 0 Å². The van der Waals surface area contributed by atoms with Crippen molar-refractivity contribution in [3.8, 4) is 0 Å². The second-order valence-corrected chi connectivity index (χ2v) is 2.88. The number of alkyl halides is 3. The van der Waals surface area contributed by atoms with Crippen molar-refractivity contribution in [3.05, 3.63) is 35.4 Å². The summed E-state index contributed by atoms with van der Waals surface area (Å²) < 4.78 is 36.5. The van der Waals surface area contributed by atoms with Crippen LogP contribution in [0.4, 0.5) is 13.2 Å². The van der Waals surface area contributed by atoms with Gasteiger partial charge in [0.15, 0.2) is 0 Å². The van der Waals surface area contributed by atoms with Gasteiger partial charge >= 0.3 is 13.3 Å². The molecule has 0 aliphatic rings. The standard InChI is InChI=1S/C8H8BF3O2/c10-8(11,12)7-3-1-2-6(4-7)5-9(13)14/h1-4,13-14H,5H2. The minimum atomic E-state index is -4.39. The van der Waals surface area contributed by atoms with E-state index >= 15 is 0 Å². The molecule has 14 heavy (non-hydrogen) atoms. The lowest BCUT2D eigenvalue weighted by Crippen LogP contribution is -2.15. The molecule has 1 rings (SSSR count). The van der Waals surface area contributed by atoms with E-state index in [2.05, 4.69) is 0 Å². The molecule has 2 N–H and O–H groups in total. The van der Waals surface area contributed by atoms with Crippen LogP contribution in [0, 0.1) is 0 Å². The van der Waals surface area contributed by atoms with Gasteiger partial charge in [-0.1, -0.05) is 18.2 Å². The van der Waals surface area contributed by atoms with Gasteiger partial charge in [-0.2, -0.15) is 13.2 Å².